The van der Waals surface area contributed by atoms with Crippen LogP contribution in [0.2, 0.25) is 0 Å². The van der Waals surface area contributed by atoms with Crippen molar-refractivity contribution in [2.24, 2.45) is 0 Å². The van der Waals surface area contributed by atoms with Gasteiger partial charge >= 0.3 is 23.1 Å². The van der Waals surface area contributed by atoms with E-state index >= 15 is 0 Å². The zero-order chi connectivity index (χ0) is 5.41. The van der Waals surface area contributed by atoms with E-state index in [-0.39, 0.29) is 23.1 Å². The zero-order valence-electron chi connectivity index (χ0n) is 4.76. The molecule has 2 nitrogen and oxygen atoms in total. The van der Waals surface area contributed by atoms with Crippen molar-refractivity contribution < 1.29 is 10.2 Å². The Hall–Kier alpha value is 0.686. The van der Waals surface area contributed by atoms with Gasteiger partial charge in [-0.1, -0.05) is 0 Å². The summed E-state index contributed by atoms with van der Waals surface area (Å²) in [4.78, 5) is 0. The second-order valence-corrected chi connectivity index (χ2v) is 0.516. The topological polar surface area (TPSA) is 40.5 Å². The first-order valence-corrected chi connectivity index (χ1v) is 1.67. The van der Waals surface area contributed by atoms with Crippen LogP contribution in [0.5, 0.6) is 0 Å². The van der Waals surface area contributed by atoms with Crippen molar-refractivity contribution in [2.45, 2.75) is 13.8 Å². The van der Waals surface area contributed by atoms with Crippen LogP contribution in [0.25, 0.3) is 0 Å². The Morgan fingerprint density at radius 3 is 1.00 bits per heavy atom. The first-order chi connectivity index (χ1) is 2.83. The Morgan fingerprint density at radius 1 is 1.00 bits per heavy atom. The number of rotatable bonds is 0. The van der Waals surface area contributed by atoms with E-state index in [0.717, 1.165) is 13.2 Å². The fourth-order valence-electron chi connectivity index (χ4n) is 0. The molecule has 0 atom stereocenters. The number of hydrogen-bond donors (Lipinski definition) is 2. The van der Waals surface area contributed by atoms with Crippen LogP contribution in [0.15, 0.2) is 0 Å². The van der Waals surface area contributed by atoms with Gasteiger partial charge < -0.3 is 10.2 Å². The maximum Gasteiger partial charge on any atom is 2.00 e. The average molecular weight is 114 g/mol. The summed E-state index contributed by atoms with van der Waals surface area (Å²) in [6.45, 7) is 5.11. The van der Waals surface area contributed by atoms with Crippen molar-refractivity contribution in [3.8, 4) is 0 Å². The number of hydrogen-bond acceptors (Lipinski definition) is 2. The van der Waals surface area contributed by atoms with Gasteiger partial charge in [-0.05, 0) is 0 Å². The molecule has 0 aromatic carbocycles. The van der Waals surface area contributed by atoms with Gasteiger partial charge in [0, 0.05) is 0 Å². The predicted molar refractivity (Wildman–Crippen MR) is 29.6 cm³/mol. The van der Waals surface area contributed by atoms with Crippen LogP contribution < -0.4 is 0 Å². The first kappa shape index (κ1) is 15.6. The van der Waals surface area contributed by atoms with Crippen molar-refractivity contribution in [1.82, 2.24) is 0 Å². The summed E-state index contributed by atoms with van der Waals surface area (Å²) >= 11 is 0. The van der Waals surface area contributed by atoms with Gasteiger partial charge in [-0.2, -0.15) is 13.8 Å². The molecule has 0 aliphatic heterocycles. The van der Waals surface area contributed by atoms with Gasteiger partial charge in [0.1, 0.15) is 0 Å². The molecule has 7 heavy (non-hydrogen) atoms. The van der Waals surface area contributed by atoms with Crippen LogP contribution in [0, 0.1) is 13.2 Å². The van der Waals surface area contributed by atoms with E-state index < -0.39 is 0 Å². The van der Waals surface area contributed by atoms with Gasteiger partial charge in [0.05, 0.1) is 0 Å². The predicted octanol–water partition coefficient (Wildman–Crippen LogP) is 0.700. The van der Waals surface area contributed by atoms with Crippen LogP contribution in [-0.4, -0.2) is 33.3 Å². The van der Waals surface area contributed by atoms with Crippen LogP contribution in [0.1, 0.15) is 13.8 Å². The molecule has 0 spiro atoms. The fraction of sp³-hybridized carbons (Fsp3) is 0.500. The quantitative estimate of drug-likeness (QED) is 0.360. The van der Waals surface area contributed by atoms with E-state index in [2.05, 4.69) is 0 Å². The van der Waals surface area contributed by atoms with E-state index in [4.69, 9.17) is 10.2 Å². The Balaban J connectivity index is -0.0000000400. The Bertz CT molecular complexity index is 11.7. The summed E-state index contributed by atoms with van der Waals surface area (Å²) in [5.74, 6) is 0. The minimum atomic E-state index is 0. The third kappa shape index (κ3) is 312. The van der Waals surface area contributed by atoms with Crippen LogP contribution in [0.4, 0.5) is 0 Å². The molecule has 40 valence electrons. The average Bonchev–Trinajstić information content (AvgIpc) is 1.39. The minimum absolute atomic E-state index is 0. The first-order valence-electron chi connectivity index (χ1n) is 1.67. The Kier molecular flexibility index (Phi) is 67.0. The molecule has 0 radical (unpaired) electrons. The summed E-state index contributed by atoms with van der Waals surface area (Å²) in [5, 5.41) is 14.9. The molecule has 0 fully saturated rings. The maximum absolute atomic E-state index is 7.44. The molecule has 0 unspecified atom stereocenters. The van der Waals surface area contributed by atoms with Crippen LogP contribution in [-0.2, 0) is 0 Å². The second-order valence-electron chi connectivity index (χ2n) is 0.516. The monoisotopic (exact) mass is 114 g/mol. The molecule has 0 aliphatic carbocycles. The summed E-state index contributed by atoms with van der Waals surface area (Å²) in [5.41, 5.74) is 0. The molecule has 0 bridgehead atoms. The number of aliphatic hydroxyl groups excluding tert-OH is 2. The van der Waals surface area contributed by atoms with Gasteiger partial charge in [-0.25, -0.2) is 13.2 Å². The molecule has 2 N–H and O–H groups in total. The van der Waals surface area contributed by atoms with Crippen molar-refractivity contribution in [3.05, 3.63) is 13.2 Å². The zero-order valence-corrected chi connectivity index (χ0v) is 6.17. The van der Waals surface area contributed by atoms with Crippen molar-refractivity contribution in [3.63, 3.8) is 0 Å². The van der Waals surface area contributed by atoms with Crippen LogP contribution >= 0.6 is 0 Å². The smallest absolute Gasteiger partial charge is 0.566 e. The van der Waals surface area contributed by atoms with Crippen molar-refractivity contribution >= 4 is 23.1 Å². The molecule has 0 amide bonds. The molecule has 0 heterocycles. The summed E-state index contributed by atoms with van der Waals surface area (Å²) in [6.07, 6.45) is 0. The summed E-state index contributed by atoms with van der Waals surface area (Å²) in [7, 11) is 0. The van der Waals surface area contributed by atoms with E-state index in [1.165, 1.54) is 0 Å². The summed E-state index contributed by atoms with van der Waals surface area (Å²) in [6, 6.07) is 0. The number of aliphatic hydroxyl groups is 2. The normalized spacial score (nSPS) is 5.14. The SMILES string of the molecule is C[CH-]O.C[CH-]O.[Mg+2]. The standard InChI is InChI=1S/2C2H5O.Mg/c2*1-2-3;/h2*2-3H,1H3;/q2*-1;+2. The van der Waals surface area contributed by atoms with Gasteiger partial charge in [0.2, 0.25) is 0 Å². The van der Waals surface area contributed by atoms with E-state index in [1.807, 2.05) is 0 Å². The van der Waals surface area contributed by atoms with Gasteiger partial charge in [-0.15, -0.1) is 0 Å². The van der Waals surface area contributed by atoms with Crippen molar-refractivity contribution in [1.29, 1.82) is 0 Å². The molecule has 0 aliphatic rings. The molecule has 0 aromatic rings. The molecule has 0 rings (SSSR count). The molecular weight excluding hydrogens is 104 g/mol. The van der Waals surface area contributed by atoms with Gasteiger partial charge in [0.25, 0.3) is 0 Å². The fourth-order valence-corrected chi connectivity index (χ4v) is 0. The molecule has 3 heteroatoms. The van der Waals surface area contributed by atoms with Gasteiger partial charge in [-0.3, -0.25) is 0 Å². The van der Waals surface area contributed by atoms with E-state index in [0.29, 0.717) is 0 Å². The Labute approximate surface area is 60.7 Å². The van der Waals surface area contributed by atoms with E-state index in [1.54, 1.807) is 13.8 Å². The summed E-state index contributed by atoms with van der Waals surface area (Å²) < 4.78 is 0. The maximum atomic E-state index is 7.44. The van der Waals surface area contributed by atoms with Crippen molar-refractivity contribution in [2.75, 3.05) is 0 Å². The minimum Gasteiger partial charge on any atom is -0.566 e. The second kappa shape index (κ2) is 30.0. The van der Waals surface area contributed by atoms with E-state index in [9.17, 15) is 0 Å². The third-order valence-corrected chi connectivity index (χ3v) is 0. The van der Waals surface area contributed by atoms with Gasteiger partial charge in [0.15, 0.2) is 0 Å². The molecule has 0 saturated heterocycles. The van der Waals surface area contributed by atoms with Crippen LogP contribution in [0.3, 0.4) is 0 Å². The largest absolute Gasteiger partial charge is 2.00 e. The third-order valence-electron chi connectivity index (χ3n) is 0. The molecular formula is C4H10MgO2. The molecule has 0 aromatic heterocycles. The Morgan fingerprint density at radius 2 is 1.00 bits per heavy atom. The molecule has 0 saturated carbocycles.